The van der Waals surface area contributed by atoms with Crippen LogP contribution < -0.4 is 10.6 Å². The lowest BCUT2D eigenvalue weighted by Crippen LogP contribution is -2.26. The first kappa shape index (κ1) is 14.3. The van der Waals surface area contributed by atoms with Gasteiger partial charge >= 0.3 is 0 Å². The molecule has 0 spiro atoms. The van der Waals surface area contributed by atoms with Crippen LogP contribution in [0.5, 0.6) is 0 Å². The van der Waals surface area contributed by atoms with Gasteiger partial charge < -0.3 is 10.6 Å². The van der Waals surface area contributed by atoms with Crippen molar-refractivity contribution in [3.05, 3.63) is 64.7 Å². The summed E-state index contributed by atoms with van der Waals surface area (Å²) in [6.07, 6.45) is 0. The van der Waals surface area contributed by atoms with Crippen LogP contribution in [-0.4, -0.2) is 13.0 Å². The molecule has 0 aliphatic rings. The van der Waals surface area contributed by atoms with Crippen LogP contribution >= 0.6 is 0 Å². The monoisotopic (exact) mass is 268 g/mol. The summed E-state index contributed by atoms with van der Waals surface area (Å²) in [5, 5.41) is 0. The van der Waals surface area contributed by atoms with Crippen LogP contribution in [0.4, 0.5) is 5.69 Å². The van der Waals surface area contributed by atoms with Gasteiger partial charge in [0.05, 0.1) is 0 Å². The minimum absolute atomic E-state index is 0.00250. The number of aryl methyl sites for hydroxylation is 2. The molecule has 0 fully saturated rings. The molecule has 104 valence electrons. The topological polar surface area (TPSA) is 46.3 Å². The molecule has 3 nitrogen and oxygen atoms in total. The number of anilines is 1. The minimum atomic E-state index is -0.00250. The van der Waals surface area contributed by atoms with Crippen molar-refractivity contribution in [2.24, 2.45) is 5.73 Å². The Morgan fingerprint density at radius 1 is 1.05 bits per heavy atom. The highest BCUT2D eigenvalue weighted by Gasteiger charge is 2.14. The first-order chi connectivity index (χ1) is 9.51. The number of hydrogen-bond donors (Lipinski definition) is 1. The lowest BCUT2D eigenvalue weighted by Gasteiger charge is -2.18. The van der Waals surface area contributed by atoms with Gasteiger partial charge in [-0.3, -0.25) is 4.79 Å². The van der Waals surface area contributed by atoms with E-state index in [1.807, 2.05) is 50.2 Å². The normalized spacial score (nSPS) is 10.4. The highest BCUT2D eigenvalue weighted by atomic mass is 16.2. The van der Waals surface area contributed by atoms with E-state index in [4.69, 9.17) is 5.73 Å². The number of nitrogens with two attached hydrogens (primary N) is 1. The number of rotatable bonds is 3. The quantitative estimate of drug-likeness (QED) is 0.930. The average molecular weight is 268 g/mol. The van der Waals surface area contributed by atoms with E-state index in [2.05, 4.69) is 6.07 Å². The molecule has 2 aromatic carbocycles. The number of nitrogens with zero attached hydrogens (tertiary/aromatic N) is 1. The van der Waals surface area contributed by atoms with E-state index < -0.39 is 0 Å². The molecule has 3 heteroatoms. The number of benzene rings is 2. The summed E-state index contributed by atoms with van der Waals surface area (Å²) in [6.45, 7) is 4.51. The van der Waals surface area contributed by atoms with Gasteiger partial charge in [-0.25, -0.2) is 0 Å². The Balaban J connectivity index is 2.27. The standard InChI is InChI=1S/C17H20N2O/c1-12-8-13(2)10-15(9-12)17(20)19(3)16-6-4-14(11-18)5-7-16/h4-10H,11,18H2,1-3H3. The Morgan fingerprint density at radius 2 is 1.60 bits per heavy atom. The molecule has 0 aromatic heterocycles. The Morgan fingerprint density at radius 3 is 2.10 bits per heavy atom. The zero-order chi connectivity index (χ0) is 14.7. The van der Waals surface area contributed by atoms with Crippen molar-refractivity contribution in [3.63, 3.8) is 0 Å². The number of hydrogen-bond acceptors (Lipinski definition) is 2. The van der Waals surface area contributed by atoms with Crippen LogP contribution in [0.2, 0.25) is 0 Å². The maximum atomic E-state index is 12.5. The highest BCUT2D eigenvalue weighted by molar-refractivity contribution is 6.05. The fraction of sp³-hybridized carbons (Fsp3) is 0.235. The maximum absolute atomic E-state index is 12.5. The van der Waals surface area contributed by atoms with Gasteiger partial charge in [-0.2, -0.15) is 0 Å². The van der Waals surface area contributed by atoms with Gasteiger partial charge in [-0.15, -0.1) is 0 Å². The summed E-state index contributed by atoms with van der Waals surface area (Å²) in [5.74, 6) is -0.00250. The molecule has 2 N–H and O–H groups in total. The van der Waals surface area contributed by atoms with Crippen LogP contribution in [0.25, 0.3) is 0 Å². The van der Waals surface area contributed by atoms with Crippen molar-refractivity contribution < 1.29 is 4.79 Å². The summed E-state index contributed by atoms with van der Waals surface area (Å²) in [7, 11) is 1.79. The van der Waals surface area contributed by atoms with E-state index in [-0.39, 0.29) is 5.91 Å². The van der Waals surface area contributed by atoms with E-state index in [1.165, 1.54) is 0 Å². The SMILES string of the molecule is Cc1cc(C)cc(C(=O)N(C)c2ccc(CN)cc2)c1. The fourth-order valence-corrected chi connectivity index (χ4v) is 2.26. The predicted molar refractivity (Wildman–Crippen MR) is 83.0 cm³/mol. The Labute approximate surface area is 120 Å². The summed E-state index contributed by atoms with van der Waals surface area (Å²) in [4.78, 5) is 14.2. The fourth-order valence-electron chi connectivity index (χ4n) is 2.26. The number of carbonyl (C=O) groups excluding carboxylic acids is 1. The molecule has 0 unspecified atom stereocenters. The molecule has 0 saturated heterocycles. The van der Waals surface area contributed by atoms with Crippen molar-refractivity contribution in [2.75, 3.05) is 11.9 Å². The second kappa shape index (κ2) is 5.88. The van der Waals surface area contributed by atoms with E-state index in [9.17, 15) is 4.79 Å². The van der Waals surface area contributed by atoms with Gasteiger partial charge in [0, 0.05) is 24.8 Å². The highest BCUT2D eigenvalue weighted by Crippen LogP contribution is 2.18. The van der Waals surface area contributed by atoms with Gasteiger partial charge in [0.1, 0.15) is 0 Å². The van der Waals surface area contributed by atoms with E-state index >= 15 is 0 Å². The lowest BCUT2D eigenvalue weighted by molar-refractivity contribution is 0.0993. The zero-order valence-corrected chi connectivity index (χ0v) is 12.2. The third-order valence-corrected chi connectivity index (χ3v) is 3.33. The summed E-state index contributed by atoms with van der Waals surface area (Å²) >= 11 is 0. The number of carbonyl (C=O) groups is 1. The van der Waals surface area contributed by atoms with E-state index in [1.54, 1.807) is 11.9 Å². The molecule has 0 heterocycles. The Kier molecular flexibility index (Phi) is 4.20. The summed E-state index contributed by atoms with van der Waals surface area (Å²) < 4.78 is 0. The van der Waals surface area contributed by atoms with Gasteiger partial charge in [-0.05, 0) is 43.7 Å². The minimum Gasteiger partial charge on any atom is -0.326 e. The Bertz CT molecular complexity index is 597. The van der Waals surface area contributed by atoms with Crippen LogP contribution in [-0.2, 0) is 6.54 Å². The first-order valence-electron chi connectivity index (χ1n) is 6.66. The molecule has 0 bridgehead atoms. The molecule has 2 aromatic rings. The molecule has 0 atom stereocenters. The molecule has 2 rings (SSSR count). The Hall–Kier alpha value is -2.13. The van der Waals surface area contributed by atoms with Crippen molar-refractivity contribution in [2.45, 2.75) is 20.4 Å². The second-order valence-electron chi connectivity index (χ2n) is 5.11. The maximum Gasteiger partial charge on any atom is 0.258 e. The van der Waals surface area contributed by atoms with Crippen molar-refractivity contribution in [1.29, 1.82) is 0 Å². The molecule has 20 heavy (non-hydrogen) atoms. The van der Waals surface area contributed by atoms with Crippen LogP contribution in [0.1, 0.15) is 27.0 Å². The summed E-state index contributed by atoms with van der Waals surface area (Å²) in [5.41, 5.74) is 10.4. The molecule has 1 amide bonds. The van der Waals surface area contributed by atoms with Crippen LogP contribution in [0.3, 0.4) is 0 Å². The van der Waals surface area contributed by atoms with Gasteiger partial charge in [0.15, 0.2) is 0 Å². The van der Waals surface area contributed by atoms with Crippen LogP contribution in [0.15, 0.2) is 42.5 Å². The summed E-state index contributed by atoms with van der Waals surface area (Å²) in [6, 6.07) is 13.6. The molecule has 0 saturated carbocycles. The van der Waals surface area contributed by atoms with Crippen LogP contribution in [0, 0.1) is 13.8 Å². The molecule has 0 aliphatic heterocycles. The molecular formula is C17H20N2O. The first-order valence-corrected chi connectivity index (χ1v) is 6.66. The second-order valence-corrected chi connectivity index (χ2v) is 5.11. The number of amides is 1. The largest absolute Gasteiger partial charge is 0.326 e. The molecule has 0 radical (unpaired) electrons. The predicted octanol–water partition coefficient (Wildman–Crippen LogP) is 3.04. The van der Waals surface area contributed by atoms with Crippen molar-refractivity contribution >= 4 is 11.6 Å². The van der Waals surface area contributed by atoms with Crippen molar-refractivity contribution in [1.82, 2.24) is 0 Å². The van der Waals surface area contributed by atoms with Crippen molar-refractivity contribution in [3.8, 4) is 0 Å². The smallest absolute Gasteiger partial charge is 0.258 e. The van der Waals surface area contributed by atoms with Gasteiger partial charge in [0.2, 0.25) is 0 Å². The third kappa shape index (κ3) is 3.06. The van der Waals surface area contributed by atoms with Gasteiger partial charge in [-0.1, -0.05) is 29.3 Å². The molecular weight excluding hydrogens is 248 g/mol. The third-order valence-electron chi connectivity index (χ3n) is 3.33. The van der Waals surface area contributed by atoms with E-state index in [0.29, 0.717) is 12.1 Å². The average Bonchev–Trinajstić information content (AvgIpc) is 2.45. The van der Waals surface area contributed by atoms with E-state index in [0.717, 1.165) is 22.4 Å². The lowest BCUT2D eigenvalue weighted by atomic mass is 10.1. The van der Waals surface area contributed by atoms with Gasteiger partial charge in [0.25, 0.3) is 5.91 Å². The molecule has 0 aliphatic carbocycles. The zero-order valence-electron chi connectivity index (χ0n) is 12.2.